The van der Waals surface area contributed by atoms with Gasteiger partial charge in [-0.25, -0.2) is 0 Å². The number of nitrogens with zero attached hydrogens (tertiary/aromatic N) is 1. The van der Waals surface area contributed by atoms with Gasteiger partial charge in [-0.3, -0.25) is 4.99 Å². The van der Waals surface area contributed by atoms with Gasteiger partial charge in [-0.2, -0.15) is 0 Å². The molecule has 21 heavy (non-hydrogen) atoms. The summed E-state index contributed by atoms with van der Waals surface area (Å²) in [5, 5.41) is 0.232. The highest BCUT2D eigenvalue weighted by molar-refractivity contribution is 6.74. The summed E-state index contributed by atoms with van der Waals surface area (Å²) < 4.78 is 6.37. The van der Waals surface area contributed by atoms with Gasteiger partial charge in [0.05, 0.1) is 12.6 Å². The molecule has 0 aromatic heterocycles. The summed E-state index contributed by atoms with van der Waals surface area (Å²) in [6.07, 6.45) is 2.03. The highest BCUT2D eigenvalue weighted by Crippen LogP contribution is 2.37. The largest absolute Gasteiger partial charge is 0.414 e. The third-order valence-corrected chi connectivity index (χ3v) is 8.66. The smallest absolute Gasteiger partial charge is 0.192 e. The molecular weight excluding hydrogens is 274 g/mol. The average molecular weight is 306 g/mol. The molecule has 0 saturated heterocycles. The molecule has 118 valence electrons. The van der Waals surface area contributed by atoms with Crippen LogP contribution in [0.15, 0.2) is 35.3 Å². The van der Waals surface area contributed by atoms with Crippen molar-refractivity contribution in [1.82, 2.24) is 0 Å². The summed E-state index contributed by atoms with van der Waals surface area (Å²) in [6, 6.07) is 10.6. The molecule has 0 aliphatic rings. The highest BCUT2D eigenvalue weighted by Gasteiger charge is 2.37. The van der Waals surface area contributed by atoms with E-state index in [1.54, 1.807) is 0 Å². The molecule has 0 unspecified atom stereocenters. The van der Waals surface area contributed by atoms with Crippen LogP contribution in [0.5, 0.6) is 0 Å². The van der Waals surface area contributed by atoms with Gasteiger partial charge in [0.2, 0.25) is 0 Å². The SMILES string of the molecule is CC(C)C=N[C@@H](CO[Si](C)(C)C(C)(C)C)c1ccccc1. The fraction of sp³-hybridized carbons (Fsp3) is 0.611. The lowest BCUT2D eigenvalue weighted by Gasteiger charge is -2.37. The van der Waals surface area contributed by atoms with Crippen LogP contribution in [0.25, 0.3) is 0 Å². The second-order valence-corrected chi connectivity index (χ2v) is 12.3. The first-order chi connectivity index (χ1) is 9.63. The number of hydrogen-bond donors (Lipinski definition) is 0. The van der Waals surface area contributed by atoms with E-state index in [1.807, 2.05) is 12.3 Å². The van der Waals surface area contributed by atoms with Crippen LogP contribution in [0.3, 0.4) is 0 Å². The van der Waals surface area contributed by atoms with Crippen LogP contribution < -0.4 is 0 Å². The van der Waals surface area contributed by atoms with Crippen molar-refractivity contribution in [3.05, 3.63) is 35.9 Å². The molecule has 0 aliphatic heterocycles. The minimum Gasteiger partial charge on any atom is -0.414 e. The molecule has 0 N–H and O–H groups in total. The predicted molar refractivity (Wildman–Crippen MR) is 95.7 cm³/mol. The molecule has 1 aromatic rings. The Hall–Kier alpha value is -0.933. The summed E-state index contributed by atoms with van der Waals surface area (Å²) in [4.78, 5) is 4.75. The monoisotopic (exact) mass is 305 g/mol. The van der Waals surface area contributed by atoms with Crippen molar-refractivity contribution in [2.45, 2.75) is 58.8 Å². The van der Waals surface area contributed by atoms with Gasteiger partial charge in [0.25, 0.3) is 0 Å². The van der Waals surface area contributed by atoms with Gasteiger partial charge in [0, 0.05) is 6.21 Å². The Morgan fingerprint density at radius 2 is 1.71 bits per heavy atom. The molecule has 0 radical (unpaired) electrons. The van der Waals surface area contributed by atoms with Gasteiger partial charge in [-0.15, -0.1) is 0 Å². The zero-order valence-corrected chi connectivity index (χ0v) is 15.7. The van der Waals surface area contributed by atoms with Crippen LogP contribution in [-0.4, -0.2) is 21.1 Å². The summed E-state index contributed by atoms with van der Waals surface area (Å²) in [5.74, 6) is 0.462. The molecule has 1 aromatic carbocycles. The maximum absolute atomic E-state index is 6.37. The minimum atomic E-state index is -1.73. The van der Waals surface area contributed by atoms with Crippen molar-refractivity contribution >= 4 is 14.5 Å². The second kappa shape index (κ2) is 7.37. The zero-order valence-electron chi connectivity index (χ0n) is 14.7. The van der Waals surface area contributed by atoms with Crippen molar-refractivity contribution in [2.75, 3.05) is 6.61 Å². The van der Waals surface area contributed by atoms with Gasteiger partial charge in [-0.1, -0.05) is 65.0 Å². The van der Waals surface area contributed by atoms with Crippen molar-refractivity contribution in [2.24, 2.45) is 10.9 Å². The Kier molecular flexibility index (Phi) is 6.35. The van der Waals surface area contributed by atoms with Gasteiger partial charge in [0.15, 0.2) is 8.32 Å². The van der Waals surface area contributed by atoms with Crippen molar-refractivity contribution in [1.29, 1.82) is 0 Å². The van der Waals surface area contributed by atoms with Crippen LogP contribution in [0.2, 0.25) is 18.1 Å². The van der Waals surface area contributed by atoms with E-state index in [0.717, 1.165) is 0 Å². The Labute approximate surface area is 131 Å². The maximum Gasteiger partial charge on any atom is 0.192 e. The van der Waals surface area contributed by atoms with E-state index in [2.05, 4.69) is 72.0 Å². The maximum atomic E-state index is 6.37. The van der Waals surface area contributed by atoms with E-state index in [-0.39, 0.29) is 11.1 Å². The van der Waals surface area contributed by atoms with E-state index in [9.17, 15) is 0 Å². The summed E-state index contributed by atoms with van der Waals surface area (Å²) >= 11 is 0. The van der Waals surface area contributed by atoms with E-state index in [0.29, 0.717) is 12.5 Å². The third-order valence-electron chi connectivity index (χ3n) is 4.16. The second-order valence-electron chi connectivity index (χ2n) is 7.54. The van der Waals surface area contributed by atoms with Crippen LogP contribution >= 0.6 is 0 Å². The van der Waals surface area contributed by atoms with Crippen LogP contribution in [0.1, 0.15) is 46.2 Å². The third kappa shape index (κ3) is 5.75. The Balaban J connectivity index is 2.85. The average Bonchev–Trinajstić information content (AvgIpc) is 2.38. The van der Waals surface area contributed by atoms with Crippen LogP contribution in [0.4, 0.5) is 0 Å². The van der Waals surface area contributed by atoms with Crippen LogP contribution in [0, 0.1) is 5.92 Å². The van der Waals surface area contributed by atoms with Gasteiger partial charge in [-0.05, 0) is 29.6 Å². The molecule has 0 saturated carbocycles. The van der Waals surface area contributed by atoms with Crippen molar-refractivity contribution in [3.63, 3.8) is 0 Å². The summed E-state index contributed by atoms with van der Waals surface area (Å²) in [6.45, 7) is 16.4. The number of aliphatic imine (C=N–C) groups is 1. The first-order valence-corrected chi connectivity index (χ1v) is 10.8. The molecule has 1 atom stereocenters. The van der Waals surface area contributed by atoms with E-state index >= 15 is 0 Å². The molecule has 0 bridgehead atoms. The lowest BCUT2D eigenvalue weighted by molar-refractivity contribution is 0.265. The standard InChI is InChI=1S/C18H31NOSi/c1-15(2)13-19-17(16-11-9-8-10-12-16)14-20-21(6,7)18(3,4)5/h8-13,15,17H,14H2,1-7H3/t17-/m0/s1. The minimum absolute atomic E-state index is 0.0997. The zero-order chi connectivity index (χ0) is 16.1. The van der Waals surface area contributed by atoms with E-state index < -0.39 is 8.32 Å². The quantitative estimate of drug-likeness (QED) is 0.504. The highest BCUT2D eigenvalue weighted by atomic mass is 28.4. The predicted octanol–water partition coefficient (Wildman–Crippen LogP) is 5.48. The Bertz CT molecular complexity index is 446. The fourth-order valence-corrected chi connectivity index (χ4v) is 2.69. The molecule has 0 aliphatic carbocycles. The molecule has 0 spiro atoms. The molecule has 3 heteroatoms. The summed E-state index contributed by atoms with van der Waals surface area (Å²) in [7, 11) is -1.73. The van der Waals surface area contributed by atoms with E-state index in [4.69, 9.17) is 9.42 Å². The summed E-state index contributed by atoms with van der Waals surface area (Å²) in [5.41, 5.74) is 1.23. The first kappa shape index (κ1) is 18.1. The van der Waals surface area contributed by atoms with E-state index in [1.165, 1.54) is 5.56 Å². The topological polar surface area (TPSA) is 21.6 Å². The Morgan fingerprint density at radius 1 is 1.14 bits per heavy atom. The lowest BCUT2D eigenvalue weighted by Crippen LogP contribution is -2.41. The Morgan fingerprint density at radius 3 is 2.19 bits per heavy atom. The fourth-order valence-electron chi connectivity index (χ4n) is 1.68. The van der Waals surface area contributed by atoms with Crippen molar-refractivity contribution in [3.8, 4) is 0 Å². The molecule has 1 rings (SSSR count). The van der Waals surface area contributed by atoms with Gasteiger partial charge >= 0.3 is 0 Å². The first-order valence-electron chi connectivity index (χ1n) is 7.85. The molecule has 0 amide bonds. The molecule has 2 nitrogen and oxygen atoms in total. The van der Waals surface area contributed by atoms with Crippen LogP contribution in [-0.2, 0) is 4.43 Å². The molecular formula is C18H31NOSi. The van der Waals surface area contributed by atoms with Gasteiger partial charge in [0.1, 0.15) is 0 Å². The molecule has 0 fully saturated rings. The number of hydrogen-bond acceptors (Lipinski definition) is 2. The normalized spacial score (nSPS) is 14.9. The van der Waals surface area contributed by atoms with Crippen molar-refractivity contribution < 1.29 is 4.43 Å². The van der Waals surface area contributed by atoms with Gasteiger partial charge < -0.3 is 4.43 Å². The number of benzene rings is 1. The lowest BCUT2D eigenvalue weighted by atomic mass is 10.1. The molecule has 0 heterocycles. The number of rotatable bonds is 6.